The Kier molecular flexibility index (Phi) is 5.02. The van der Waals surface area contributed by atoms with Crippen LogP contribution in [0.4, 0.5) is 0 Å². The number of rotatable bonds is 2. The molecule has 5 aromatic heterocycles. The quantitative estimate of drug-likeness (QED) is 0.188. The van der Waals surface area contributed by atoms with Gasteiger partial charge in [0.1, 0.15) is 4.83 Å². The number of hydrogen-bond donors (Lipinski definition) is 0. The molecule has 11 aromatic rings. The first-order chi connectivity index (χ1) is 22.8. The highest BCUT2D eigenvalue weighted by Crippen LogP contribution is 2.50. The molecule has 0 bridgehead atoms. The Morgan fingerprint density at radius 3 is 1.85 bits per heavy atom. The van der Waals surface area contributed by atoms with E-state index in [9.17, 15) is 0 Å². The molecule has 0 spiro atoms. The van der Waals surface area contributed by atoms with Crippen LogP contribution in [0.25, 0.3) is 99.7 Å². The van der Waals surface area contributed by atoms with Crippen molar-refractivity contribution in [1.29, 1.82) is 0 Å². The summed E-state index contributed by atoms with van der Waals surface area (Å²) in [5.41, 5.74) is 3.40. The Bertz CT molecular complexity index is 3030. The molecule has 0 amide bonds. The lowest BCUT2D eigenvalue weighted by molar-refractivity contribution is 1.08. The summed E-state index contributed by atoms with van der Waals surface area (Å²) in [4.78, 5) is 11.8. The van der Waals surface area contributed by atoms with Gasteiger partial charge in [0.25, 0.3) is 0 Å². The summed E-state index contributed by atoms with van der Waals surface area (Å²) in [5.74, 6) is 1.70. The Labute approximate surface area is 274 Å². The molecule has 0 unspecified atom stereocenters. The van der Waals surface area contributed by atoms with Gasteiger partial charge in [-0.1, -0.05) is 109 Å². The molecular weight excluding hydrogens is 619 g/mol. The van der Waals surface area contributed by atoms with E-state index >= 15 is 0 Å². The van der Waals surface area contributed by atoms with Crippen LogP contribution in [-0.4, -0.2) is 14.5 Å². The lowest BCUT2D eigenvalue weighted by atomic mass is 9.99. The minimum atomic E-state index is 0.751. The molecule has 6 heteroatoms. The third-order valence-electron chi connectivity index (χ3n) is 9.23. The largest absolute Gasteiger partial charge is 0.292 e. The lowest BCUT2D eigenvalue weighted by Gasteiger charge is -2.12. The Hall–Kier alpha value is -5.14. The zero-order valence-corrected chi connectivity index (χ0v) is 26.6. The number of aromatic nitrogens is 3. The van der Waals surface area contributed by atoms with Gasteiger partial charge in [-0.2, -0.15) is 0 Å². The highest BCUT2D eigenvalue weighted by atomic mass is 32.1. The van der Waals surface area contributed by atoms with Crippen molar-refractivity contribution < 1.29 is 0 Å². The molecule has 0 saturated heterocycles. The maximum Gasteiger partial charge on any atom is 0.163 e. The summed E-state index contributed by atoms with van der Waals surface area (Å²) in [7, 11) is 0. The second-order valence-electron chi connectivity index (χ2n) is 11.7. The van der Waals surface area contributed by atoms with Crippen molar-refractivity contribution in [3.63, 3.8) is 0 Å². The van der Waals surface area contributed by atoms with E-state index < -0.39 is 0 Å². The predicted octanol–water partition coefficient (Wildman–Crippen LogP) is 12.3. The molecule has 0 aliphatic carbocycles. The molecular formula is C40H21N3S3. The minimum Gasteiger partial charge on any atom is -0.292 e. The van der Waals surface area contributed by atoms with Crippen LogP contribution in [0.3, 0.4) is 0 Å². The molecule has 0 fully saturated rings. The van der Waals surface area contributed by atoms with Crippen LogP contribution in [0.2, 0.25) is 0 Å². The molecule has 0 atom stereocenters. The van der Waals surface area contributed by atoms with Crippen LogP contribution in [-0.2, 0) is 0 Å². The first-order valence-corrected chi connectivity index (χ1v) is 17.7. The van der Waals surface area contributed by atoms with Gasteiger partial charge in [-0.05, 0) is 29.0 Å². The number of benzene rings is 6. The highest BCUT2D eigenvalue weighted by Gasteiger charge is 2.26. The van der Waals surface area contributed by atoms with Crippen molar-refractivity contribution in [3.05, 3.63) is 127 Å². The minimum absolute atomic E-state index is 0.751. The van der Waals surface area contributed by atoms with Gasteiger partial charge >= 0.3 is 0 Å². The molecule has 3 nitrogen and oxygen atoms in total. The zero-order chi connectivity index (χ0) is 29.9. The van der Waals surface area contributed by atoms with E-state index in [0.29, 0.717) is 0 Å². The summed E-state index contributed by atoms with van der Waals surface area (Å²) in [6, 6.07) is 45.7. The number of hydrogen-bond acceptors (Lipinski definition) is 5. The Morgan fingerprint density at radius 2 is 1.04 bits per heavy atom. The summed E-state index contributed by atoms with van der Waals surface area (Å²) in [6.45, 7) is 0. The second-order valence-corrected chi connectivity index (χ2v) is 14.8. The average molecular weight is 640 g/mol. The SMILES string of the molecule is c1ccc(-c2nc(-n3c4ccccc4c4c5ccccc5c5c6ccccc6sc5c43)c3c(n2)sc2c4ccccc4sc23)cc1. The number of thiophene rings is 3. The van der Waals surface area contributed by atoms with Crippen molar-refractivity contribution in [2.45, 2.75) is 0 Å². The van der Waals surface area contributed by atoms with E-state index in [0.717, 1.165) is 32.9 Å². The van der Waals surface area contributed by atoms with Crippen molar-refractivity contribution in [1.82, 2.24) is 14.5 Å². The summed E-state index contributed by atoms with van der Waals surface area (Å²) >= 11 is 5.53. The van der Waals surface area contributed by atoms with Gasteiger partial charge in [0.05, 0.1) is 30.5 Å². The monoisotopic (exact) mass is 639 g/mol. The molecule has 0 N–H and O–H groups in total. The molecule has 5 heterocycles. The van der Waals surface area contributed by atoms with Crippen molar-refractivity contribution in [3.8, 4) is 17.2 Å². The molecule has 0 aliphatic heterocycles. The van der Waals surface area contributed by atoms with Crippen molar-refractivity contribution in [2.75, 3.05) is 0 Å². The third kappa shape index (κ3) is 3.25. The predicted molar refractivity (Wildman–Crippen MR) is 200 cm³/mol. The van der Waals surface area contributed by atoms with Gasteiger partial charge in [-0.15, -0.1) is 34.0 Å². The van der Waals surface area contributed by atoms with Crippen molar-refractivity contribution in [2.24, 2.45) is 0 Å². The molecule has 11 rings (SSSR count). The van der Waals surface area contributed by atoms with Gasteiger partial charge in [-0.25, -0.2) is 9.97 Å². The fourth-order valence-electron chi connectivity index (χ4n) is 7.31. The highest BCUT2D eigenvalue weighted by molar-refractivity contribution is 7.36. The smallest absolute Gasteiger partial charge is 0.163 e. The summed E-state index contributed by atoms with van der Waals surface area (Å²) < 4.78 is 8.89. The van der Waals surface area contributed by atoms with Gasteiger partial charge < -0.3 is 0 Å². The molecule has 46 heavy (non-hydrogen) atoms. The first-order valence-electron chi connectivity index (χ1n) is 15.3. The third-order valence-corrected chi connectivity index (χ3v) is 12.8. The fraction of sp³-hybridized carbons (Fsp3) is 0. The molecule has 0 aliphatic rings. The molecule has 6 aromatic carbocycles. The lowest BCUT2D eigenvalue weighted by Crippen LogP contribution is -2.01. The normalized spacial score (nSPS) is 12.3. The Balaban J connectivity index is 1.42. The van der Waals surface area contributed by atoms with Gasteiger partial charge in [0.15, 0.2) is 11.6 Å². The topological polar surface area (TPSA) is 30.7 Å². The van der Waals surface area contributed by atoms with Crippen LogP contribution in [0.1, 0.15) is 0 Å². The van der Waals surface area contributed by atoms with E-state index in [1.165, 1.54) is 66.7 Å². The van der Waals surface area contributed by atoms with Crippen LogP contribution < -0.4 is 0 Å². The number of nitrogens with zero attached hydrogens (tertiary/aromatic N) is 3. The van der Waals surface area contributed by atoms with Crippen molar-refractivity contribution >= 4 is 116 Å². The fourth-order valence-corrected chi connectivity index (χ4v) is 11.2. The van der Waals surface area contributed by atoms with Gasteiger partial charge in [-0.3, -0.25) is 4.57 Å². The maximum absolute atomic E-state index is 5.52. The second kappa shape index (κ2) is 9.21. The number of fused-ring (bicyclic) bond motifs is 15. The van der Waals surface area contributed by atoms with Crippen LogP contribution in [0, 0.1) is 0 Å². The van der Waals surface area contributed by atoms with E-state index in [2.05, 4.69) is 126 Å². The van der Waals surface area contributed by atoms with Crippen LogP contribution in [0.5, 0.6) is 0 Å². The molecule has 214 valence electrons. The van der Waals surface area contributed by atoms with Gasteiger partial charge in [0, 0.05) is 41.9 Å². The van der Waals surface area contributed by atoms with E-state index in [1.54, 1.807) is 11.3 Å². The van der Waals surface area contributed by atoms with Crippen LogP contribution >= 0.6 is 34.0 Å². The molecule has 0 saturated carbocycles. The van der Waals surface area contributed by atoms with E-state index in [-0.39, 0.29) is 0 Å². The summed E-state index contributed by atoms with van der Waals surface area (Å²) in [5, 5.41) is 10.1. The average Bonchev–Trinajstić information content (AvgIpc) is 3.86. The standard InChI is InChI=1S/C40H21N3S3/c1-2-12-22(13-3-1)38-41-39(33-37-35(46-40(33)42-38)27-18-8-11-21-30(27)45-37)43-28-19-9-6-16-25(28)31-23-14-4-5-15-24(23)32-26-17-7-10-20-29(26)44-36(32)34(31)43/h1-21H. The molecule has 0 radical (unpaired) electrons. The Morgan fingerprint density at radius 1 is 0.435 bits per heavy atom. The van der Waals surface area contributed by atoms with Crippen LogP contribution in [0.15, 0.2) is 127 Å². The maximum atomic E-state index is 5.52. The first kappa shape index (κ1) is 25.1. The summed E-state index contributed by atoms with van der Waals surface area (Å²) in [6.07, 6.45) is 0. The van der Waals surface area contributed by atoms with Gasteiger partial charge in [0.2, 0.25) is 0 Å². The van der Waals surface area contributed by atoms with E-state index in [4.69, 9.17) is 9.97 Å². The zero-order valence-electron chi connectivity index (χ0n) is 24.2. The number of para-hydroxylation sites is 1. The van der Waals surface area contributed by atoms with E-state index in [1.807, 2.05) is 28.7 Å².